The highest BCUT2D eigenvalue weighted by Gasteiger charge is 2.23. The van der Waals surface area contributed by atoms with Gasteiger partial charge in [0.2, 0.25) is 10.0 Å². The summed E-state index contributed by atoms with van der Waals surface area (Å²) in [4.78, 5) is 29.4. The molecule has 1 heterocycles. The molecule has 1 aromatic heterocycles. The number of aromatic carboxylic acids is 1. The summed E-state index contributed by atoms with van der Waals surface area (Å²) in [6, 6.07) is 20.8. The first-order chi connectivity index (χ1) is 23.5. The number of pyridine rings is 1. The molecule has 50 heavy (non-hydrogen) atoms. The van der Waals surface area contributed by atoms with Gasteiger partial charge in [-0.25, -0.2) is 23.0 Å². The number of carbonyl (C=O) groups excluding carboxylic acids is 1. The lowest BCUT2D eigenvalue weighted by Gasteiger charge is -2.24. The molecule has 0 aliphatic carbocycles. The minimum Gasteiger partial charge on any atom is -0.492 e. The quantitative estimate of drug-likeness (QED) is 0.0962. The van der Waals surface area contributed by atoms with E-state index in [0.717, 1.165) is 17.2 Å². The fourth-order valence-electron chi connectivity index (χ4n) is 5.59. The van der Waals surface area contributed by atoms with Crippen LogP contribution in [0, 0.1) is 13.8 Å². The molecular weight excluding hydrogens is 659 g/mol. The van der Waals surface area contributed by atoms with Crippen molar-refractivity contribution >= 4 is 61.4 Å². The number of aryl methyl sites for hydroxylation is 2. The van der Waals surface area contributed by atoms with E-state index in [4.69, 9.17) is 9.47 Å². The average Bonchev–Trinajstić information content (AvgIpc) is 3.00. The van der Waals surface area contributed by atoms with Crippen molar-refractivity contribution in [2.24, 2.45) is 0 Å². The Morgan fingerprint density at radius 3 is 2.10 bits per heavy atom. The molecule has 0 radical (unpaired) electrons. The third-order valence-electron chi connectivity index (χ3n) is 7.81. The summed E-state index contributed by atoms with van der Waals surface area (Å²) in [6.45, 7) is 9.43. The van der Waals surface area contributed by atoms with Crippen molar-refractivity contribution in [1.29, 1.82) is 0 Å². The van der Waals surface area contributed by atoms with Gasteiger partial charge in [-0.1, -0.05) is 45.0 Å². The Labute approximate surface area is 290 Å². The number of carboxylic acids is 1. The maximum Gasteiger partial charge on any atom is 0.336 e. The van der Waals surface area contributed by atoms with Gasteiger partial charge in [0.15, 0.2) is 5.75 Å². The first-order valence-corrected chi connectivity index (χ1v) is 17.5. The van der Waals surface area contributed by atoms with E-state index in [2.05, 4.69) is 25.7 Å². The first-order valence-electron chi connectivity index (χ1n) is 15.6. The van der Waals surface area contributed by atoms with E-state index in [9.17, 15) is 23.1 Å². The van der Waals surface area contributed by atoms with E-state index >= 15 is 0 Å². The number of rotatable bonds is 10. The molecular formula is C37H39N5O7S. The van der Waals surface area contributed by atoms with Crippen LogP contribution in [0.3, 0.4) is 0 Å². The highest BCUT2D eigenvalue weighted by Crippen LogP contribution is 2.40. The number of aromatic nitrogens is 1. The van der Waals surface area contributed by atoms with Crippen molar-refractivity contribution in [2.75, 3.05) is 34.0 Å². The van der Waals surface area contributed by atoms with E-state index in [0.29, 0.717) is 45.2 Å². The molecule has 0 aliphatic heterocycles. The number of fused-ring (bicyclic) bond motifs is 1. The predicted molar refractivity (Wildman–Crippen MR) is 197 cm³/mol. The number of hydrogen-bond donors (Lipinski definition) is 5. The van der Waals surface area contributed by atoms with Crippen LogP contribution < -0.4 is 30.1 Å². The van der Waals surface area contributed by atoms with Gasteiger partial charge in [-0.05, 0) is 78.4 Å². The van der Waals surface area contributed by atoms with Crippen LogP contribution in [0.1, 0.15) is 47.8 Å². The Kier molecular flexibility index (Phi) is 9.91. The van der Waals surface area contributed by atoms with Crippen molar-refractivity contribution < 1.29 is 32.6 Å². The number of amides is 2. The van der Waals surface area contributed by atoms with E-state index in [1.165, 1.54) is 7.11 Å². The molecule has 0 unspecified atom stereocenters. The van der Waals surface area contributed by atoms with Crippen LogP contribution >= 0.6 is 0 Å². The minimum absolute atomic E-state index is 0.168. The molecule has 2 amide bonds. The van der Waals surface area contributed by atoms with Gasteiger partial charge in [0.25, 0.3) is 0 Å². The van der Waals surface area contributed by atoms with Gasteiger partial charge in [-0.3, -0.25) is 4.72 Å². The number of benzene rings is 4. The van der Waals surface area contributed by atoms with Gasteiger partial charge in [-0.2, -0.15) is 0 Å². The molecule has 0 saturated heterocycles. The van der Waals surface area contributed by atoms with Gasteiger partial charge < -0.3 is 30.5 Å². The molecule has 5 rings (SSSR count). The van der Waals surface area contributed by atoms with Crippen molar-refractivity contribution in [3.8, 4) is 17.2 Å². The van der Waals surface area contributed by atoms with E-state index in [-0.39, 0.29) is 28.1 Å². The molecule has 0 aliphatic rings. The molecule has 12 nitrogen and oxygen atoms in total. The lowest BCUT2D eigenvalue weighted by Crippen LogP contribution is -2.22. The van der Waals surface area contributed by atoms with Crippen LogP contribution in [0.5, 0.6) is 17.2 Å². The van der Waals surface area contributed by atoms with Gasteiger partial charge in [-0.15, -0.1) is 0 Å². The molecule has 0 saturated carbocycles. The first kappa shape index (κ1) is 35.5. The van der Waals surface area contributed by atoms with Gasteiger partial charge in [0.05, 0.1) is 36.0 Å². The number of ether oxygens (including phenoxy) is 2. The minimum atomic E-state index is -3.64. The summed E-state index contributed by atoms with van der Waals surface area (Å²) in [6.07, 6.45) is 2.65. The number of carbonyl (C=O) groups is 2. The van der Waals surface area contributed by atoms with Gasteiger partial charge >= 0.3 is 12.0 Å². The van der Waals surface area contributed by atoms with Crippen LogP contribution in [-0.2, 0) is 15.4 Å². The van der Waals surface area contributed by atoms with Gasteiger partial charge in [0.1, 0.15) is 17.3 Å². The number of nitrogens with one attached hydrogen (secondary N) is 4. The number of sulfonamides is 1. The molecule has 0 atom stereocenters. The summed E-state index contributed by atoms with van der Waals surface area (Å²) < 4.78 is 38.5. The Morgan fingerprint density at radius 1 is 0.840 bits per heavy atom. The topological polar surface area (TPSA) is 168 Å². The maximum atomic E-state index is 13.4. The zero-order valence-electron chi connectivity index (χ0n) is 28.8. The lowest BCUT2D eigenvalue weighted by atomic mass is 9.86. The fraction of sp³-hybridized carbons (Fsp3) is 0.216. The number of anilines is 5. The Hall–Kier alpha value is -5.82. The Morgan fingerprint density at radius 2 is 1.48 bits per heavy atom. The monoisotopic (exact) mass is 697 g/mol. The molecule has 0 spiro atoms. The molecule has 260 valence electrons. The number of carboxylic acid groups (broad SMARTS) is 1. The second-order valence-electron chi connectivity index (χ2n) is 12.9. The number of methoxy groups -OCH3 is 1. The predicted octanol–water partition coefficient (Wildman–Crippen LogP) is 8.41. The average molecular weight is 698 g/mol. The zero-order valence-corrected chi connectivity index (χ0v) is 29.6. The third kappa shape index (κ3) is 8.24. The standard InChI is InChI=1S/C37H39N5O7S/c1-21-16-24(17-22(2)33(21)35(43)44)39-32-20-25(14-15-38-32)49-31-13-12-28(26-10-8-9-11-27(26)31)40-36(45)41-29-18-23(37(3,4)5)19-30(34(29)48-6)42-50(7,46)47/h8-20,42H,1-7H3,(H,38,39)(H,43,44)(H2,40,41,45). The molecule has 0 fully saturated rings. The van der Waals surface area contributed by atoms with Gasteiger partial charge in [0, 0.05) is 28.7 Å². The Bertz CT molecular complexity index is 2210. The van der Waals surface area contributed by atoms with Crippen molar-refractivity contribution in [3.63, 3.8) is 0 Å². The summed E-state index contributed by atoms with van der Waals surface area (Å²) in [5, 5.41) is 19.9. The molecule has 5 aromatic rings. The maximum absolute atomic E-state index is 13.4. The highest BCUT2D eigenvalue weighted by molar-refractivity contribution is 7.92. The van der Waals surface area contributed by atoms with Crippen LogP contribution in [-0.4, -0.2) is 43.9 Å². The lowest BCUT2D eigenvalue weighted by molar-refractivity contribution is 0.0695. The Balaban J connectivity index is 1.39. The van der Waals surface area contributed by atoms with E-state index in [1.54, 1.807) is 68.6 Å². The summed E-state index contributed by atoms with van der Waals surface area (Å²) in [7, 11) is -2.24. The fourth-order valence-corrected chi connectivity index (χ4v) is 6.14. The zero-order chi connectivity index (χ0) is 36.4. The summed E-state index contributed by atoms with van der Waals surface area (Å²) in [5.74, 6) is 0.743. The number of hydrogen-bond acceptors (Lipinski definition) is 8. The summed E-state index contributed by atoms with van der Waals surface area (Å²) in [5.41, 5.74) is 3.66. The largest absolute Gasteiger partial charge is 0.492 e. The second-order valence-corrected chi connectivity index (χ2v) is 14.6. The van der Waals surface area contributed by atoms with Crippen LogP contribution in [0.15, 0.2) is 79.0 Å². The molecule has 0 bridgehead atoms. The highest BCUT2D eigenvalue weighted by atomic mass is 32.2. The van der Waals surface area contributed by atoms with Crippen LogP contribution in [0.2, 0.25) is 0 Å². The van der Waals surface area contributed by atoms with Crippen LogP contribution in [0.25, 0.3) is 10.8 Å². The van der Waals surface area contributed by atoms with E-state index in [1.807, 2.05) is 45.0 Å². The van der Waals surface area contributed by atoms with E-state index < -0.39 is 22.0 Å². The summed E-state index contributed by atoms with van der Waals surface area (Å²) >= 11 is 0. The smallest absolute Gasteiger partial charge is 0.336 e. The van der Waals surface area contributed by atoms with Crippen molar-refractivity contribution in [1.82, 2.24) is 4.98 Å². The van der Waals surface area contributed by atoms with Crippen LogP contribution in [0.4, 0.5) is 33.4 Å². The third-order valence-corrected chi connectivity index (χ3v) is 8.40. The second kappa shape index (κ2) is 14.0. The van der Waals surface area contributed by atoms with Crippen molar-refractivity contribution in [3.05, 3.63) is 101 Å². The molecule has 5 N–H and O–H groups in total. The SMILES string of the molecule is COc1c(NC(=O)Nc2ccc(Oc3ccnc(Nc4cc(C)c(C(=O)O)c(C)c4)c3)c3ccccc23)cc(C(C)(C)C)cc1NS(C)(=O)=O. The molecule has 4 aromatic carbocycles. The normalized spacial score (nSPS) is 11.5. The number of nitrogens with zero attached hydrogens (tertiary/aromatic N) is 1. The number of urea groups is 1. The van der Waals surface area contributed by atoms with Crippen molar-refractivity contribution in [2.45, 2.75) is 40.0 Å². The molecule has 13 heteroatoms.